The lowest BCUT2D eigenvalue weighted by Crippen LogP contribution is -2.29. The van der Waals surface area contributed by atoms with Crippen molar-refractivity contribution in [3.63, 3.8) is 0 Å². The number of hydrogen-bond acceptors (Lipinski definition) is 6. The Morgan fingerprint density at radius 1 is 0.816 bits per heavy atom. The predicted octanol–water partition coefficient (Wildman–Crippen LogP) is 6.06. The van der Waals surface area contributed by atoms with E-state index < -0.39 is 5.91 Å². The fraction of sp³-hybridized carbons (Fsp3) is 0.355. The van der Waals surface area contributed by atoms with Crippen LogP contribution >= 0.6 is 0 Å². The number of hydrogen-bond donors (Lipinski definition) is 0. The van der Waals surface area contributed by atoms with Crippen molar-refractivity contribution in [2.75, 3.05) is 38.3 Å². The third kappa shape index (κ3) is 5.24. The zero-order valence-corrected chi connectivity index (χ0v) is 22.5. The van der Waals surface area contributed by atoms with Crippen molar-refractivity contribution >= 4 is 17.5 Å². The number of benzene rings is 3. The molecule has 0 aliphatic carbocycles. The van der Waals surface area contributed by atoms with Gasteiger partial charge in [0.05, 0.1) is 23.9 Å². The maximum absolute atomic E-state index is 13.4. The van der Waals surface area contributed by atoms with Crippen LogP contribution in [0.1, 0.15) is 59.9 Å². The van der Waals surface area contributed by atoms with Gasteiger partial charge in [0.15, 0.2) is 11.5 Å². The highest BCUT2D eigenvalue weighted by molar-refractivity contribution is 6.34. The summed E-state index contributed by atoms with van der Waals surface area (Å²) in [6.07, 6.45) is 2.46. The normalized spacial score (nSPS) is 15.6. The zero-order chi connectivity index (χ0) is 26.9. The summed E-state index contributed by atoms with van der Waals surface area (Å²) in [4.78, 5) is 30.1. The zero-order valence-electron chi connectivity index (χ0n) is 22.5. The van der Waals surface area contributed by atoms with Crippen LogP contribution < -0.4 is 19.1 Å². The highest BCUT2D eigenvalue weighted by Gasteiger charge is 2.37. The number of fused-ring (bicyclic) bond motifs is 1. The Hall–Kier alpha value is -3.84. The van der Waals surface area contributed by atoms with Crippen LogP contribution in [0.15, 0.2) is 60.7 Å². The second-order valence-electron chi connectivity index (χ2n) is 10.8. The molecule has 2 aliphatic heterocycles. The van der Waals surface area contributed by atoms with E-state index in [1.165, 1.54) is 17.7 Å². The monoisotopic (exact) mass is 514 g/mol. The minimum absolute atomic E-state index is 0.0181. The first-order chi connectivity index (χ1) is 18.2. The molecule has 7 heteroatoms. The van der Waals surface area contributed by atoms with Gasteiger partial charge in [0.25, 0.3) is 11.8 Å². The van der Waals surface area contributed by atoms with E-state index in [9.17, 15) is 9.59 Å². The second-order valence-corrected chi connectivity index (χ2v) is 10.8. The lowest BCUT2D eigenvalue weighted by Gasteiger charge is -2.19. The Morgan fingerprint density at radius 3 is 2.29 bits per heavy atom. The molecule has 0 unspecified atom stereocenters. The standard InChI is InChI=1S/C31H34N2O5/c1-31(2,3)21-8-7-9-23(18-21)38-24-11-12-25-26(20-24)30(35)33(29(25)34)22-10-13-27(28(19-22)36-4)37-17-16-32-14-5-6-15-32/h7-13,18-20H,5-6,14-17H2,1-4H3. The van der Waals surface area contributed by atoms with E-state index in [-0.39, 0.29) is 11.3 Å². The molecule has 2 aliphatic rings. The van der Waals surface area contributed by atoms with Gasteiger partial charge in [-0.1, -0.05) is 32.9 Å². The van der Waals surface area contributed by atoms with Gasteiger partial charge in [-0.15, -0.1) is 0 Å². The number of methoxy groups -OCH3 is 1. The Balaban J connectivity index is 1.33. The number of nitrogens with zero attached hydrogens (tertiary/aromatic N) is 2. The van der Waals surface area contributed by atoms with E-state index >= 15 is 0 Å². The lowest BCUT2D eigenvalue weighted by molar-refractivity contribution is 0.0926. The van der Waals surface area contributed by atoms with Crippen molar-refractivity contribution in [1.29, 1.82) is 0 Å². The molecule has 2 amide bonds. The SMILES string of the molecule is COc1cc(N2C(=O)c3ccc(Oc4cccc(C(C)(C)C)c4)cc3C2=O)ccc1OCCN1CCCC1. The summed E-state index contributed by atoms with van der Waals surface area (Å²) in [6, 6.07) is 18.0. The number of amides is 2. The number of anilines is 1. The van der Waals surface area contributed by atoms with Gasteiger partial charge in [0.2, 0.25) is 0 Å². The summed E-state index contributed by atoms with van der Waals surface area (Å²) >= 11 is 0. The molecule has 5 rings (SSSR count). The summed E-state index contributed by atoms with van der Waals surface area (Å²) < 4.78 is 17.5. The third-order valence-electron chi connectivity index (χ3n) is 7.06. The molecule has 7 nitrogen and oxygen atoms in total. The average molecular weight is 515 g/mol. The number of carbonyl (C=O) groups is 2. The molecule has 198 valence electrons. The smallest absolute Gasteiger partial charge is 0.266 e. The average Bonchev–Trinajstić information content (AvgIpc) is 3.50. The first-order valence-electron chi connectivity index (χ1n) is 13.1. The molecule has 0 spiro atoms. The number of ether oxygens (including phenoxy) is 3. The van der Waals surface area contributed by atoms with Crippen LogP contribution in [0, 0.1) is 0 Å². The van der Waals surface area contributed by atoms with Gasteiger partial charge < -0.3 is 14.2 Å². The highest BCUT2D eigenvalue weighted by atomic mass is 16.5. The third-order valence-corrected chi connectivity index (χ3v) is 7.06. The van der Waals surface area contributed by atoms with Crippen molar-refractivity contribution in [2.45, 2.75) is 39.0 Å². The van der Waals surface area contributed by atoms with E-state index in [1.54, 1.807) is 43.5 Å². The van der Waals surface area contributed by atoms with Crippen molar-refractivity contribution < 1.29 is 23.8 Å². The van der Waals surface area contributed by atoms with Crippen molar-refractivity contribution in [3.8, 4) is 23.0 Å². The topological polar surface area (TPSA) is 68.3 Å². The molecule has 0 saturated carbocycles. The number of carbonyl (C=O) groups excluding carboxylic acids is 2. The molecule has 0 radical (unpaired) electrons. The van der Waals surface area contributed by atoms with Crippen LogP contribution in [0.2, 0.25) is 0 Å². The van der Waals surface area contributed by atoms with E-state index in [1.807, 2.05) is 18.2 Å². The van der Waals surface area contributed by atoms with Gasteiger partial charge in [-0.25, -0.2) is 4.90 Å². The number of rotatable bonds is 8. The lowest BCUT2D eigenvalue weighted by atomic mass is 9.87. The van der Waals surface area contributed by atoms with Gasteiger partial charge in [-0.05, 0) is 79.4 Å². The van der Waals surface area contributed by atoms with Crippen LogP contribution in [-0.4, -0.2) is 50.1 Å². The van der Waals surface area contributed by atoms with Crippen LogP contribution in [0.3, 0.4) is 0 Å². The van der Waals surface area contributed by atoms with Gasteiger partial charge in [0, 0.05) is 12.6 Å². The molecule has 0 atom stereocenters. The first kappa shape index (κ1) is 25.8. The Kier molecular flexibility index (Phi) is 7.13. The molecular formula is C31H34N2O5. The van der Waals surface area contributed by atoms with E-state index in [2.05, 4.69) is 31.7 Å². The maximum Gasteiger partial charge on any atom is 0.266 e. The van der Waals surface area contributed by atoms with Crippen molar-refractivity contribution in [1.82, 2.24) is 4.90 Å². The molecular weight excluding hydrogens is 480 g/mol. The molecule has 1 saturated heterocycles. The van der Waals surface area contributed by atoms with Gasteiger partial charge in [0.1, 0.15) is 18.1 Å². The van der Waals surface area contributed by atoms with Crippen LogP contribution in [0.5, 0.6) is 23.0 Å². The first-order valence-corrected chi connectivity index (χ1v) is 13.1. The quantitative estimate of drug-likeness (QED) is 0.341. The van der Waals surface area contributed by atoms with Gasteiger partial charge in [-0.3, -0.25) is 14.5 Å². The van der Waals surface area contributed by atoms with E-state index in [0.29, 0.717) is 46.4 Å². The molecule has 2 heterocycles. The number of imide groups is 1. The summed E-state index contributed by atoms with van der Waals surface area (Å²) in [7, 11) is 1.55. The van der Waals surface area contributed by atoms with Crippen LogP contribution in [0.4, 0.5) is 5.69 Å². The Labute approximate surface area is 223 Å². The molecule has 1 fully saturated rings. The van der Waals surface area contributed by atoms with Crippen molar-refractivity contribution in [3.05, 3.63) is 77.4 Å². The molecule has 3 aromatic rings. The summed E-state index contributed by atoms with van der Waals surface area (Å²) in [6.45, 7) is 10.0. The second kappa shape index (κ2) is 10.5. The fourth-order valence-electron chi connectivity index (χ4n) is 4.89. The molecule has 0 N–H and O–H groups in total. The minimum atomic E-state index is -0.399. The Morgan fingerprint density at radius 2 is 1.55 bits per heavy atom. The Bertz CT molecular complexity index is 1350. The van der Waals surface area contributed by atoms with E-state index in [4.69, 9.17) is 14.2 Å². The van der Waals surface area contributed by atoms with Crippen molar-refractivity contribution in [2.24, 2.45) is 0 Å². The summed E-state index contributed by atoms with van der Waals surface area (Å²) in [5, 5.41) is 0. The van der Waals surface area contributed by atoms with Gasteiger partial charge in [-0.2, -0.15) is 0 Å². The molecule has 0 aromatic heterocycles. The minimum Gasteiger partial charge on any atom is -0.493 e. The summed E-state index contributed by atoms with van der Waals surface area (Å²) in [5.41, 5.74) is 2.21. The van der Waals surface area contributed by atoms with Crippen LogP contribution in [-0.2, 0) is 5.41 Å². The molecule has 0 bridgehead atoms. The van der Waals surface area contributed by atoms with Crippen LogP contribution in [0.25, 0.3) is 0 Å². The predicted molar refractivity (Wildman–Crippen MR) is 147 cm³/mol. The fourth-order valence-corrected chi connectivity index (χ4v) is 4.89. The van der Waals surface area contributed by atoms with Gasteiger partial charge >= 0.3 is 0 Å². The largest absolute Gasteiger partial charge is 0.493 e. The summed E-state index contributed by atoms with van der Waals surface area (Å²) in [5.74, 6) is 1.45. The highest BCUT2D eigenvalue weighted by Crippen LogP contribution is 2.37. The molecule has 38 heavy (non-hydrogen) atoms. The maximum atomic E-state index is 13.4. The molecule has 3 aromatic carbocycles. The number of likely N-dealkylation sites (tertiary alicyclic amines) is 1. The van der Waals surface area contributed by atoms with E-state index in [0.717, 1.165) is 25.2 Å².